The Morgan fingerprint density at radius 3 is 2.62 bits per heavy atom. The van der Waals surface area contributed by atoms with E-state index in [0.717, 1.165) is 11.3 Å². The molecule has 2 aromatic carbocycles. The molecule has 0 bridgehead atoms. The average Bonchev–Trinajstić information content (AvgIpc) is 2.65. The van der Waals surface area contributed by atoms with Gasteiger partial charge < -0.3 is 14.4 Å². The molecule has 2 atom stereocenters. The van der Waals surface area contributed by atoms with E-state index >= 15 is 0 Å². The van der Waals surface area contributed by atoms with Gasteiger partial charge in [-0.05, 0) is 30.2 Å². The lowest BCUT2D eigenvalue weighted by molar-refractivity contribution is -0.164. The van der Waals surface area contributed by atoms with Crippen molar-refractivity contribution in [3.8, 4) is 5.75 Å². The van der Waals surface area contributed by atoms with Crippen molar-refractivity contribution in [1.82, 2.24) is 4.90 Å². The molecule has 0 fully saturated rings. The van der Waals surface area contributed by atoms with E-state index in [1.54, 1.807) is 56.6 Å². The van der Waals surface area contributed by atoms with Gasteiger partial charge in [-0.15, -0.1) is 0 Å². The molecule has 1 aliphatic rings. The summed E-state index contributed by atoms with van der Waals surface area (Å²) in [6.07, 6.45) is -0.508. The van der Waals surface area contributed by atoms with Crippen molar-refractivity contribution in [1.29, 1.82) is 0 Å². The highest BCUT2D eigenvalue weighted by Gasteiger charge is 2.32. The number of hydrogen-bond acceptors (Lipinski definition) is 4. The molecule has 0 aliphatic carbocycles. The predicted octanol–water partition coefficient (Wildman–Crippen LogP) is 3.26. The smallest absolute Gasteiger partial charge is 0.313 e. The van der Waals surface area contributed by atoms with Crippen LogP contribution in [0.2, 0.25) is 5.02 Å². The molecule has 0 spiro atoms. The van der Waals surface area contributed by atoms with E-state index in [9.17, 15) is 9.59 Å². The Balaban J connectivity index is 1.77. The minimum absolute atomic E-state index is 0.213. The second-order valence-electron chi connectivity index (χ2n) is 6.42. The highest BCUT2D eigenvalue weighted by molar-refractivity contribution is 6.30. The van der Waals surface area contributed by atoms with Crippen LogP contribution >= 0.6 is 11.6 Å². The molecule has 2 aromatic rings. The molecule has 6 heteroatoms. The third-order valence-electron chi connectivity index (χ3n) is 4.26. The lowest BCUT2D eigenvalue weighted by Gasteiger charge is -2.27. The lowest BCUT2D eigenvalue weighted by atomic mass is 9.96. The van der Waals surface area contributed by atoms with E-state index in [4.69, 9.17) is 21.1 Å². The molecule has 0 saturated heterocycles. The van der Waals surface area contributed by atoms with Gasteiger partial charge in [0.25, 0.3) is 5.91 Å². The Morgan fingerprint density at radius 2 is 1.92 bits per heavy atom. The first-order valence-electron chi connectivity index (χ1n) is 8.33. The van der Waals surface area contributed by atoms with Gasteiger partial charge in [0.05, 0.1) is 5.92 Å². The van der Waals surface area contributed by atoms with Crippen LogP contribution in [0.5, 0.6) is 5.75 Å². The molecule has 136 valence electrons. The van der Waals surface area contributed by atoms with Gasteiger partial charge in [-0.3, -0.25) is 9.59 Å². The van der Waals surface area contributed by atoms with Gasteiger partial charge >= 0.3 is 5.97 Å². The third kappa shape index (κ3) is 3.99. The molecule has 1 amide bonds. The number of halogens is 1. The van der Waals surface area contributed by atoms with Crippen LogP contribution in [0.3, 0.4) is 0 Å². The number of ether oxygens (including phenoxy) is 2. The first-order chi connectivity index (χ1) is 12.5. The summed E-state index contributed by atoms with van der Waals surface area (Å²) in [4.78, 5) is 26.6. The number of likely N-dealkylation sites (N-methyl/N-ethyl adjacent to an activating group) is 1. The van der Waals surface area contributed by atoms with E-state index < -0.39 is 18.0 Å². The van der Waals surface area contributed by atoms with Crippen molar-refractivity contribution in [2.24, 2.45) is 5.92 Å². The minimum atomic E-state index is -0.973. The van der Waals surface area contributed by atoms with Crippen molar-refractivity contribution in [2.75, 3.05) is 20.7 Å². The Hall–Kier alpha value is -2.53. The van der Waals surface area contributed by atoms with E-state index in [0.29, 0.717) is 17.0 Å². The van der Waals surface area contributed by atoms with Crippen LogP contribution in [0.15, 0.2) is 48.5 Å². The van der Waals surface area contributed by atoms with Crippen LogP contribution < -0.4 is 4.74 Å². The Labute approximate surface area is 157 Å². The van der Waals surface area contributed by atoms with Crippen LogP contribution in [0.25, 0.3) is 0 Å². The fourth-order valence-corrected chi connectivity index (χ4v) is 3.04. The maximum Gasteiger partial charge on any atom is 0.313 e. The summed E-state index contributed by atoms with van der Waals surface area (Å²) in [5.74, 6) is -0.506. The molecule has 0 saturated carbocycles. The highest BCUT2D eigenvalue weighted by Crippen LogP contribution is 2.31. The molecule has 5 nitrogen and oxygen atoms in total. The molecule has 0 N–H and O–H groups in total. The number of fused-ring (bicyclic) bond motifs is 1. The topological polar surface area (TPSA) is 55.8 Å². The second-order valence-corrected chi connectivity index (χ2v) is 6.86. The number of benzene rings is 2. The fourth-order valence-electron chi connectivity index (χ4n) is 2.85. The van der Waals surface area contributed by atoms with Gasteiger partial charge in [-0.2, -0.15) is 0 Å². The maximum atomic E-state index is 12.7. The summed E-state index contributed by atoms with van der Waals surface area (Å²) in [7, 11) is 3.27. The maximum absolute atomic E-state index is 12.7. The molecular weight excluding hydrogens is 354 g/mol. The van der Waals surface area contributed by atoms with E-state index in [2.05, 4.69) is 0 Å². The Bertz CT molecular complexity index is 807. The molecule has 0 radical (unpaired) electrons. The quantitative estimate of drug-likeness (QED) is 0.772. The first kappa shape index (κ1) is 18.3. The number of hydrogen-bond donors (Lipinski definition) is 0. The fraction of sp³-hybridized carbons (Fsp3) is 0.300. The summed E-state index contributed by atoms with van der Waals surface area (Å²) >= 11 is 6.02. The Morgan fingerprint density at radius 1 is 1.19 bits per heavy atom. The number of carbonyl (C=O) groups is 2. The zero-order valence-electron chi connectivity index (χ0n) is 14.6. The van der Waals surface area contributed by atoms with Crippen LogP contribution in [0, 0.1) is 5.92 Å². The van der Waals surface area contributed by atoms with E-state index in [-0.39, 0.29) is 12.5 Å². The van der Waals surface area contributed by atoms with Crippen LogP contribution in [-0.2, 0) is 20.7 Å². The van der Waals surface area contributed by atoms with Crippen LogP contribution in [0.4, 0.5) is 0 Å². The molecule has 1 aliphatic heterocycles. The van der Waals surface area contributed by atoms with Crippen molar-refractivity contribution < 1.29 is 19.1 Å². The normalized spacial score (nSPS) is 16.8. The highest BCUT2D eigenvalue weighted by atomic mass is 35.5. The van der Waals surface area contributed by atoms with Gasteiger partial charge in [0, 0.05) is 24.7 Å². The molecule has 1 heterocycles. The van der Waals surface area contributed by atoms with Crippen LogP contribution in [0.1, 0.15) is 17.2 Å². The SMILES string of the molecule is CN(C)C(=O)[C@@H](OC(=O)[C@@H]1COc2ccc(Cl)cc2C1)c1ccccc1. The molecular formula is C20H20ClNO4. The predicted molar refractivity (Wildman–Crippen MR) is 98.1 cm³/mol. The third-order valence-corrected chi connectivity index (χ3v) is 4.50. The van der Waals surface area contributed by atoms with Crippen molar-refractivity contribution >= 4 is 23.5 Å². The van der Waals surface area contributed by atoms with Gasteiger partial charge in [0.2, 0.25) is 6.10 Å². The largest absolute Gasteiger partial charge is 0.492 e. The monoisotopic (exact) mass is 373 g/mol. The standard InChI is InChI=1S/C20H20ClNO4/c1-22(2)19(23)18(13-6-4-3-5-7-13)26-20(24)15-10-14-11-16(21)8-9-17(14)25-12-15/h3-9,11,15,18H,10,12H2,1-2H3/t15-,18-/m0/s1. The number of rotatable bonds is 4. The summed E-state index contributed by atoms with van der Waals surface area (Å²) in [5, 5.41) is 0.589. The number of nitrogens with zero attached hydrogens (tertiary/aromatic N) is 1. The van der Waals surface area contributed by atoms with Gasteiger partial charge in [-0.1, -0.05) is 41.9 Å². The van der Waals surface area contributed by atoms with Crippen molar-refractivity contribution in [2.45, 2.75) is 12.5 Å². The lowest BCUT2D eigenvalue weighted by Crippen LogP contribution is -2.35. The minimum Gasteiger partial charge on any atom is -0.492 e. The van der Waals surface area contributed by atoms with Gasteiger partial charge in [0.15, 0.2) is 0 Å². The molecule has 26 heavy (non-hydrogen) atoms. The average molecular weight is 374 g/mol. The zero-order chi connectivity index (χ0) is 18.7. The molecule has 0 unspecified atom stereocenters. The summed E-state index contributed by atoms with van der Waals surface area (Å²) < 4.78 is 11.3. The second kappa shape index (κ2) is 7.79. The number of carbonyl (C=O) groups excluding carboxylic acids is 2. The number of amides is 1. The van der Waals surface area contributed by atoms with Crippen LogP contribution in [-0.4, -0.2) is 37.5 Å². The summed E-state index contributed by atoms with van der Waals surface area (Å²) in [6.45, 7) is 0.213. The molecule has 0 aromatic heterocycles. The summed E-state index contributed by atoms with van der Waals surface area (Å²) in [6, 6.07) is 14.3. The molecule has 3 rings (SSSR count). The summed E-state index contributed by atoms with van der Waals surface area (Å²) in [5.41, 5.74) is 1.50. The van der Waals surface area contributed by atoms with Gasteiger partial charge in [-0.25, -0.2) is 0 Å². The van der Waals surface area contributed by atoms with E-state index in [1.807, 2.05) is 6.07 Å². The van der Waals surface area contributed by atoms with Crippen molar-refractivity contribution in [3.63, 3.8) is 0 Å². The zero-order valence-corrected chi connectivity index (χ0v) is 15.4. The Kier molecular flexibility index (Phi) is 5.47. The van der Waals surface area contributed by atoms with Gasteiger partial charge in [0.1, 0.15) is 12.4 Å². The van der Waals surface area contributed by atoms with Crippen molar-refractivity contribution in [3.05, 3.63) is 64.7 Å². The first-order valence-corrected chi connectivity index (χ1v) is 8.71. The number of esters is 1. The van der Waals surface area contributed by atoms with E-state index in [1.165, 1.54) is 4.90 Å².